The fraction of sp³-hybridized carbons (Fsp3) is 0.154. The highest BCUT2D eigenvalue weighted by Crippen LogP contribution is 2.34. The summed E-state index contributed by atoms with van der Waals surface area (Å²) in [5.41, 5.74) is 2.70. The van der Waals surface area contributed by atoms with E-state index in [2.05, 4.69) is 38.1 Å². The van der Waals surface area contributed by atoms with Crippen molar-refractivity contribution < 1.29 is 19.1 Å². The van der Waals surface area contributed by atoms with Crippen molar-refractivity contribution in [1.82, 2.24) is 0 Å². The van der Waals surface area contributed by atoms with Gasteiger partial charge in [0.2, 0.25) is 0 Å². The highest BCUT2D eigenvalue weighted by Gasteiger charge is 2.25. The molecule has 156 valence electrons. The van der Waals surface area contributed by atoms with Crippen molar-refractivity contribution in [1.29, 1.82) is 0 Å². The zero-order chi connectivity index (χ0) is 22.0. The Bertz CT molecular complexity index is 1110. The van der Waals surface area contributed by atoms with E-state index in [1.807, 2.05) is 24.3 Å². The van der Waals surface area contributed by atoms with Gasteiger partial charge in [-0.3, -0.25) is 9.59 Å². The molecule has 1 heterocycles. The second kappa shape index (κ2) is 8.11. The summed E-state index contributed by atoms with van der Waals surface area (Å²) in [6.07, 6.45) is 2.53. The maximum atomic E-state index is 11.8. The Balaban J connectivity index is 1.47. The van der Waals surface area contributed by atoms with Crippen LogP contribution in [-0.4, -0.2) is 18.9 Å². The van der Waals surface area contributed by atoms with Crippen molar-refractivity contribution in [3.63, 3.8) is 0 Å². The van der Waals surface area contributed by atoms with Gasteiger partial charge >= 0.3 is 0 Å². The lowest BCUT2D eigenvalue weighted by molar-refractivity contribution is -0.119. The normalized spacial score (nSPS) is 13.6. The van der Waals surface area contributed by atoms with Gasteiger partial charge in [-0.25, -0.2) is 4.90 Å². The van der Waals surface area contributed by atoms with E-state index in [0.717, 1.165) is 10.6 Å². The molecular weight excluding hydrogens is 390 g/mol. The van der Waals surface area contributed by atoms with E-state index in [0.29, 0.717) is 17.2 Å². The number of anilines is 1. The Hall–Kier alpha value is -3.86. The predicted molar refractivity (Wildman–Crippen MR) is 120 cm³/mol. The first-order chi connectivity index (χ1) is 14.9. The Morgan fingerprint density at radius 2 is 1.06 bits per heavy atom. The van der Waals surface area contributed by atoms with E-state index < -0.39 is 0 Å². The van der Waals surface area contributed by atoms with Gasteiger partial charge in [0.05, 0.1) is 12.8 Å². The van der Waals surface area contributed by atoms with Crippen LogP contribution in [0.15, 0.2) is 84.9 Å². The molecule has 5 nitrogen and oxygen atoms in total. The van der Waals surface area contributed by atoms with Crippen molar-refractivity contribution in [3.05, 3.63) is 96.1 Å². The van der Waals surface area contributed by atoms with Gasteiger partial charge in [0.25, 0.3) is 11.8 Å². The van der Waals surface area contributed by atoms with Gasteiger partial charge in [-0.1, -0.05) is 38.1 Å². The number of imide groups is 1. The van der Waals surface area contributed by atoms with Crippen LogP contribution in [0.5, 0.6) is 17.2 Å². The maximum absolute atomic E-state index is 11.8. The largest absolute Gasteiger partial charge is 0.497 e. The molecule has 0 aliphatic carbocycles. The van der Waals surface area contributed by atoms with E-state index in [4.69, 9.17) is 9.47 Å². The van der Waals surface area contributed by atoms with Crippen LogP contribution in [0, 0.1) is 0 Å². The molecule has 0 spiro atoms. The van der Waals surface area contributed by atoms with Crippen LogP contribution >= 0.6 is 0 Å². The first kappa shape index (κ1) is 20.4. The van der Waals surface area contributed by atoms with E-state index in [-0.39, 0.29) is 17.2 Å². The SMILES string of the molecule is COc1ccc(C(C)(C)c2ccc(Oc3ccc(N4C(=O)C=CC4=O)cc3)cc2)cc1. The summed E-state index contributed by atoms with van der Waals surface area (Å²) in [5, 5.41) is 0. The lowest BCUT2D eigenvalue weighted by Crippen LogP contribution is -2.29. The van der Waals surface area contributed by atoms with Crippen LogP contribution in [0.4, 0.5) is 5.69 Å². The molecule has 3 aromatic carbocycles. The fourth-order valence-corrected chi connectivity index (χ4v) is 3.57. The van der Waals surface area contributed by atoms with Crippen LogP contribution in [0.3, 0.4) is 0 Å². The van der Waals surface area contributed by atoms with Gasteiger partial charge in [0.1, 0.15) is 17.2 Å². The molecule has 4 rings (SSSR count). The fourth-order valence-electron chi connectivity index (χ4n) is 3.57. The highest BCUT2D eigenvalue weighted by atomic mass is 16.5. The number of ether oxygens (including phenoxy) is 2. The molecule has 1 aliphatic rings. The molecule has 0 fully saturated rings. The minimum atomic E-state index is -0.339. The molecule has 0 saturated carbocycles. The third-order valence-corrected chi connectivity index (χ3v) is 5.53. The van der Waals surface area contributed by atoms with Gasteiger partial charge in [0, 0.05) is 17.6 Å². The van der Waals surface area contributed by atoms with Crippen LogP contribution in [0.1, 0.15) is 25.0 Å². The summed E-state index contributed by atoms with van der Waals surface area (Å²) in [7, 11) is 1.66. The molecule has 0 atom stereocenters. The van der Waals surface area contributed by atoms with Crippen molar-refractivity contribution in [2.45, 2.75) is 19.3 Å². The first-order valence-corrected chi connectivity index (χ1v) is 9.97. The van der Waals surface area contributed by atoms with Crippen molar-refractivity contribution in [2.24, 2.45) is 0 Å². The van der Waals surface area contributed by atoms with Crippen molar-refractivity contribution in [3.8, 4) is 17.2 Å². The predicted octanol–water partition coefficient (Wildman–Crippen LogP) is 5.24. The van der Waals surface area contributed by atoms with Crippen LogP contribution in [0.2, 0.25) is 0 Å². The average Bonchev–Trinajstić information content (AvgIpc) is 3.13. The number of amides is 2. The quantitative estimate of drug-likeness (QED) is 0.519. The van der Waals surface area contributed by atoms with Crippen LogP contribution < -0.4 is 14.4 Å². The molecule has 0 bridgehead atoms. The maximum Gasteiger partial charge on any atom is 0.258 e. The molecule has 5 heteroatoms. The number of carbonyl (C=O) groups excluding carboxylic acids is 2. The number of rotatable bonds is 6. The second-order valence-electron chi connectivity index (χ2n) is 7.82. The molecule has 0 aromatic heterocycles. The number of hydrogen-bond acceptors (Lipinski definition) is 4. The standard InChI is InChI=1S/C26H23NO4/c1-26(2,18-4-10-21(30-3)11-5-18)19-6-12-22(13-7-19)31-23-14-8-20(9-15-23)27-24(28)16-17-25(27)29/h4-17H,1-3H3. The van der Waals surface area contributed by atoms with Gasteiger partial charge < -0.3 is 9.47 Å². The second-order valence-corrected chi connectivity index (χ2v) is 7.82. The topological polar surface area (TPSA) is 55.8 Å². The number of carbonyl (C=O) groups is 2. The Kier molecular flexibility index (Phi) is 5.34. The van der Waals surface area contributed by atoms with Crippen molar-refractivity contribution in [2.75, 3.05) is 12.0 Å². The molecule has 31 heavy (non-hydrogen) atoms. The molecule has 2 amide bonds. The minimum Gasteiger partial charge on any atom is -0.497 e. The van der Waals surface area contributed by atoms with Gasteiger partial charge in [-0.2, -0.15) is 0 Å². The Labute approximate surface area is 181 Å². The summed E-state index contributed by atoms with van der Waals surface area (Å²) in [4.78, 5) is 24.7. The minimum absolute atomic E-state index is 0.171. The molecule has 0 saturated heterocycles. The summed E-state index contributed by atoms with van der Waals surface area (Å²) in [6, 6.07) is 23.0. The lowest BCUT2D eigenvalue weighted by atomic mass is 9.78. The zero-order valence-electron chi connectivity index (χ0n) is 17.7. The molecule has 0 N–H and O–H groups in total. The summed E-state index contributed by atoms with van der Waals surface area (Å²) >= 11 is 0. The number of methoxy groups -OCH3 is 1. The number of benzene rings is 3. The summed E-state index contributed by atoms with van der Waals surface area (Å²) < 4.78 is 11.2. The molecule has 0 radical (unpaired) electrons. The third kappa shape index (κ3) is 4.08. The van der Waals surface area contributed by atoms with Crippen LogP contribution in [0.25, 0.3) is 0 Å². The Morgan fingerprint density at radius 3 is 1.52 bits per heavy atom. The van der Waals surface area contributed by atoms with E-state index >= 15 is 0 Å². The smallest absolute Gasteiger partial charge is 0.258 e. The lowest BCUT2D eigenvalue weighted by Gasteiger charge is -2.26. The number of nitrogens with zero attached hydrogens (tertiary/aromatic N) is 1. The molecule has 3 aromatic rings. The first-order valence-electron chi connectivity index (χ1n) is 9.97. The zero-order valence-corrected chi connectivity index (χ0v) is 17.7. The molecule has 0 unspecified atom stereocenters. The van der Waals surface area contributed by atoms with E-state index in [1.165, 1.54) is 23.3 Å². The van der Waals surface area contributed by atoms with Gasteiger partial charge in [0.15, 0.2) is 0 Å². The monoisotopic (exact) mass is 413 g/mol. The average molecular weight is 413 g/mol. The molecule has 1 aliphatic heterocycles. The van der Waals surface area contributed by atoms with E-state index in [9.17, 15) is 9.59 Å². The summed E-state index contributed by atoms with van der Waals surface area (Å²) in [5.74, 6) is 1.49. The third-order valence-electron chi connectivity index (χ3n) is 5.53. The summed E-state index contributed by atoms with van der Waals surface area (Å²) in [6.45, 7) is 4.36. The van der Waals surface area contributed by atoms with E-state index in [1.54, 1.807) is 31.4 Å². The highest BCUT2D eigenvalue weighted by molar-refractivity contribution is 6.28. The van der Waals surface area contributed by atoms with Gasteiger partial charge in [-0.05, 0) is 59.7 Å². The Morgan fingerprint density at radius 1 is 0.645 bits per heavy atom. The number of hydrogen-bond donors (Lipinski definition) is 0. The van der Waals surface area contributed by atoms with Crippen molar-refractivity contribution >= 4 is 17.5 Å². The van der Waals surface area contributed by atoms with Crippen LogP contribution in [-0.2, 0) is 15.0 Å². The molecular formula is C26H23NO4. The van der Waals surface area contributed by atoms with Gasteiger partial charge in [-0.15, -0.1) is 0 Å².